The first-order valence-corrected chi connectivity index (χ1v) is 6.87. The van der Waals surface area contributed by atoms with E-state index in [1.54, 1.807) is 6.20 Å². The second-order valence-corrected chi connectivity index (χ2v) is 5.41. The van der Waals surface area contributed by atoms with Crippen LogP contribution in [0.1, 0.15) is 31.5 Å². The highest BCUT2D eigenvalue weighted by atomic mass is 19.4. The largest absolute Gasteiger partial charge is 0.391 e. The molecule has 2 rings (SSSR count). The van der Waals surface area contributed by atoms with Crippen molar-refractivity contribution in [3.8, 4) is 0 Å². The molecule has 1 aromatic rings. The normalized spacial score (nSPS) is 21.6. The van der Waals surface area contributed by atoms with Gasteiger partial charge in [0.15, 0.2) is 0 Å². The van der Waals surface area contributed by atoms with Crippen molar-refractivity contribution in [3.05, 3.63) is 30.1 Å². The van der Waals surface area contributed by atoms with Crippen LogP contribution in [0.15, 0.2) is 24.4 Å². The molecule has 1 saturated heterocycles. The zero-order chi connectivity index (χ0) is 14.8. The number of aromatic nitrogens is 1. The van der Waals surface area contributed by atoms with E-state index in [-0.39, 0.29) is 24.9 Å². The number of halogens is 3. The molecule has 2 unspecified atom stereocenters. The third-order valence-corrected chi connectivity index (χ3v) is 3.87. The zero-order valence-corrected chi connectivity index (χ0v) is 11.5. The molecule has 1 aromatic heterocycles. The lowest BCUT2D eigenvalue weighted by Gasteiger charge is -2.39. The van der Waals surface area contributed by atoms with Gasteiger partial charge >= 0.3 is 6.18 Å². The Labute approximate surface area is 117 Å². The van der Waals surface area contributed by atoms with Crippen molar-refractivity contribution >= 4 is 0 Å². The van der Waals surface area contributed by atoms with Gasteiger partial charge in [0.1, 0.15) is 0 Å². The molecular weight excluding hydrogens is 267 g/mol. The number of hydrogen-bond donors (Lipinski definition) is 1. The van der Waals surface area contributed by atoms with E-state index >= 15 is 0 Å². The Morgan fingerprint density at radius 1 is 1.30 bits per heavy atom. The van der Waals surface area contributed by atoms with Crippen LogP contribution >= 0.6 is 0 Å². The standard InChI is InChI=1S/C14H20F3N3/c1-10(18)13(12-4-2-3-7-19-12)20-8-5-11(6-9-20)14(15,16)17/h2-4,7,10-11,13H,5-6,8-9,18H2,1H3. The number of piperidine rings is 1. The molecule has 2 N–H and O–H groups in total. The number of hydrogen-bond acceptors (Lipinski definition) is 3. The Hall–Kier alpha value is -1.14. The average Bonchev–Trinajstić information content (AvgIpc) is 2.39. The van der Waals surface area contributed by atoms with Crippen LogP contribution in [0.2, 0.25) is 0 Å². The molecule has 2 atom stereocenters. The summed E-state index contributed by atoms with van der Waals surface area (Å²) in [5, 5.41) is 0. The third-order valence-electron chi connectivity index (χ3n) is 3.87. The van der Waals surface area contributed by atoms with Gasteiger partial charge in [-0.2, -0.15) is 13.2 Å². The highest BCUT2D eigenvalue weighted by Crippen LogP contribution is 2.36. The van der Waals surface area contributed by atoms with Crippen molar-refractivity contribution in [2.75, 3.05) is 13.1 Å². The minimum absolute atomic E-state index is 0.120. The summed E-state index contributed by atoms with van der Waals surface area (Å²) in [6.07, 6.45) is -2.12. The van der Waals surface area contributed by atoms with Gasteiger partial charge in [-0.1, -0.05) is 6.07 Å². The monoisotopic (exact) mass is 287 g/mol. The number of nitrogens with two attached hydrogens (primary N) is 1. The average molecular weight is 287 g/mol. The Kier molecular flexibility index (Phi) is 4.65. The Balaban J connectivity index is 2.07. The molecule has 0 saturated carbocycles. The summed E-state index contributed by atoms with van der Waals surface area (Å²) in [4.78, 5) is 6.32. The van der Waals surface area contributed by atoms with Crippen LogP contribution in [0.5, 0.6) is 0 Å². The summed E-state index contributed by atoms with van der Waals surface area (Å²) in [5.41, 5.74) is 6.84. The molecule has 0 aliphatic carbocycles. The van der Waals surface area contributed by atoms with Crippen LogP contribution in [-0.2, 0) is 0 Å². The van der Waals surface area contributed by atoms with E-state index in [0.29, 0.717) is 13.1 Å². The highest BCUT2D eigenvalue weighted by Gasteiger charge is 2.42. The Bertz CT molecular complexity index is 411. The van der Waals surface area contributed by atoms with Crippen molar-refractivity contribution < 1.29 is 13.2 Å². The number of pyridine rings is 1. The summed E-state index contributed by atoms with van der Waals surface area (Å²) in [7, 11) is 0. The minimum atomic E-state index is -4.08. The van der Waals surface area contributed by atoms with E-state index in [4.69, 9.17) is 5.73 Å². The van der Waals surface area contributed by atoms with Crippen molar-refractivity contribution in [1.82, 2.24) is 9.88 Å². The fourth-order valence-electron chi connectivity index (χ4n) is 2.84. The van der Waals surface area contributed by atoms with Gasteiger partial charge in [0.2, 0.25) is 0 Å². The van der Waals surface area contributed by atoms with E-state index < -0.39 is 12.1 Å². The predicted octanol–water partition coefficient (Wildman–Crippen LogP) is 2.74. The number of rotatable bonds is 3. The molecule has 1 fully saturated rings. The zero-order valence-electron chi connectivity index (χ0n) is 11.5. The molecule has 112 valence electrons. The van der Waals surface area contributed by atoms with Crippen LogP contribution in [0.25, 0.3) is 0 Å². The molecular formula is C14H20F3N3. The van der Waals surface area contributed by atoms with Gasteiger partial charge in [0.05, 0.1) is 17.7 Å². The number of likely N-dealkylation sites (tertiary alicyclic amines) is 1. The van der Waals surface area contributed by atoms with Crippen molar-refractivity contribution in [1.29, 1.82) is 0 Å². The van der Waals surface area contributed by atoms with E-state index in [1.165, 1.54) is 0 Å². The molecule has 2 heterocycles. The van der Waals surface area contributed by atoms with Gasteiger partial charge in [-0.3, -0.25) is 9.88 Å². The SMILES string of the molecule is CC(N)C(c1ccccn1)N1CCC(C(F)(F)F)CC1. The first kappa shape index (κ1) is 15.3. The van der Waals surface area contributed by atoms with Crippen molar-refractivity contribution in [2.24, 2.45) is 11.7 Å². The summed E-state index contributed by atoms with van der Waals surface area (Å²) >= 11 is 0. The maximum atomic E-state index is 12.7. The summed E-state index contributed by atoms with van der Waals surface area (Å²) in [6, 6.07) is 5.28. The van der Waals surface area contributed by atoms with Crippen molar-refractivity contribution in [2.45, 2.75) is 38.0 Å². The quantitative estimate of drug-likeness (QED) is 0.929. The van der Waals surface area contributed by atoms with Gasteiger partial charge in [0, 0.05) is 12.2 Å². The van der Waals surface area contributed by atoms with Gasteiger partial charge in [0.25, 0.3) is 0 Å². The maximum absolute atomic E-state index is 12.7. The van der Waals surface area contributed by atoms with Crippen LogP contribution in [0, 0.1) is 5.92 Å². The van der Waals surface area contributed by atoms with Crippen LogP contribution in [0.3, 0.4) is 0 Å². The molecule has 0 amide bonds. The van der Waals surface area contributed by atoms with Crippen LogP contribution in [0.4, 0.5) is 13.2 Å². The highest BCUT2D eigenvalue weighted by molar-refractivity contribution is 5.11. The van der Waals surface area contributed by atoms with Gasteiger partial charge < -0.3 is 5.73 Å². The fourth-order valence-corrected chi connectivity index (χ4v) is 2.84. The second-order valence-electron chi connectivity index (χ2n) is 5.41. The summed E-state index contributed by atoms with van der Waals surface area (Å²) < 4.78 is 38.1. The third kappa shape index (κ3) is 3.49. The lowest BCUT2D eigenvalue weighted by Crippen LogP contribution is -2.46. The fraction of sp³-hybridized carbons (Fsp3) is 0.643. The van der Waals surface area contributed by atoms with Crippen LogP contribution < -0.4 is 5.73 Å². The molecule has 1 aliphatic heterocycles. The van der Waals surface area contributed by atoms with Crippen molar-refractivity contribution in [3.63, 3.8) is 0 Å². The van der Waals surface area contributed by atoms with E-state index in [9.17, 15) is 13.2 Å². The van der Waals surface area contributed by atoms with Gasteiger partial charge in [-0.05, 0) is 45.0 Å². The summed E-state index contributed by atoms with van der Waals surface area (Å²) in [6.45, 7) is 2.69. The second kappa shape index (κ2) is 6.10. The first-order valence-electron chi connectivity index (χ1n) is 6.87. The topological polar surface area (TPSA) is 42.1 Å². The lowest BCUT2D eigenvalue weighted by atomic mass is 9.93. The maximum Gasteiger partial charge on any atom is 0.391 e. The van der Waals surface area contributed by atoms with E-state index in [0.717, 1.165) is 5.69 Å². The number of nitrogens with zero attached hydrogens (tertiary/aromatic N) is 2. The molecule has 0 bridgehead atoms. The van der Waals surface area contributed by atoms with Gasteiger partial charge in [-0.15, -0.1) is 0 Å². The molecule has 0 aromatic carbocycles. The molecule has 1 aliphatic rings. The molecule has 0 spiro atoms. The molecule has 20 heavy (non-hydrogen) atoms. The minimum Gasteiger partial charge on any atom is -0.326 e. The Morgan fingerprint density at radius 3 is 2.40 bits per heavy atom. The lowest BCUT2D eigenvalue weighted by molar-refractivity contribution is -0.186. The first-order chi connectivity index (χ1) is 9.39. The Morgan fingerprint density at radius 2 is 1.95 bits per heavy atom. The summed E-state index contributed by atoms with van der Waals surface area (Å²) in [5.74, 6) is -1.18. The molecule has 0 radical (unpaired) electrons. The van der Waals surface area contributed by atoms with Crippen LogP contribution in [-0.4, -0.2) is 35.2 Å². The number of alkyl halides is 3. The van der Waals surface area contributed by atoms with Gasteiger partial charge in [-0.25, -0.2) is 0 Å². The van der Waals surface area contributed by atoms with E-state index in [2.05, 4.69) is 4.98 Å². The van der Waals surface area contributed by atoms with E-state index in [1.807, 2.05) is 30.0 Å². The molecule has 3 nitrogen and oxygen atoms in total. The predicted molar refractivity (Wildman–Crippen MR) is 71.0 cm³/mol. The molecule has 6 heteroatoms. The smallest absolute Gasteiger partial charge is 0.326 e.